The molecule has 1 aromatic carbocycles. The van der Waals surface area contributed by atoms with Gasteiger partial charge in [0.1, 0.15) is 5.82 Å². The summed E-state index contributed by atoms with van der Waals surface area (Å²) in [6.45, 7) is 3.11. The van der Waals surface area contributed by atoms with Gasteiger partial charge in [-0.25, -0.2) is 15.0 Å². The molecule has 4 rings (SSSR count). The molecule has 3 aromatic rings. The maximum absolute atomic E-state index is 12.8. The van der Waals surface area contributed by atoms with Crippen LogP contribution in [0.1, 0.15) is 40.3 Å². The van der Waals surface area contributed by atoms with Crippen LogP contribution >= 0.6 is 11.3 Å². The van der Waals surface area contributed by atoms with Crippen LogP contribution in [0.15, 0.2) is 48.1 Å². The van der Waals surface area contributed by atoms with Gasteiger partial charge in [0.2, 0.25) is 0 Å². The summed E-state index contributed by atoms with van der Waals surface area (Å²) < 4.78 is 0. The summed E-state index contributed by atoms with van der Waals surface area (Å²) in [7, 11) is 0. The molecule has 3 heterocycles. The molecule has 0 saturated carbocycles. The maximum atomic E-state index is 12.8. The Morgan fingerprint density at radius 2 is 1.81 bits per heavy atom. The number of likely N-dealkylation sites (tertiary alicyclic amines) is 1. The van der Waals surface area contributed by atoms with E-state index in [1.165, 1.54) is 16.9 Å². The van der Waals surface area contributed by atoms with E-state index in [0.717, 1.165) is 18.5 Å². The molecule has 0 spiro atoms. The number of nitrogens with zero attached hydrogens (tertiary/aromatic N) is 4. The number of hydrogen-bond donors (Lipinski definition) is 1. The van der Waals surface area contributed by atoms with Gasteiger partial charge in [0.15, 0.2) is 5.13 Å². The molecule has 0 unspecified atom stereocenters. The van der Waals surface area contributed by atoms with Gasteiger partial charge in [-0.15, -0.1) is 11.3 Å². The number of anilines is 1. The zero-order chi connectivity index (χ0) is 18.9. The predicted molar refractivity (Wildman–Crippen MR) is 106 cm³/mol. The number of benzene rings is 1. The quantitative estimate of drug-likeness (QED) is 0.756. The summed E-state index contributed by atoms with van der Waals surface area (Å²) in [5, 5.41) is 2.63. The molecule has 1 fully saturated rings. The van der Waals surface area contributed by atoms with Crippen molar-refractivity contribution in [2.45, 2.75) is 25.2 Å². The number of hydrogen-bond acceptors (Lipinski definition) is 6. The molecule has 2 aromatic heterocycles. The molecular formula is C20H21N5OS. The van der Waals surface area contributed by atoms with Crippen molar-refractivity contribution < 1.29 is 4.79 Å². The van der Waals surface area contributed by atoms with E-state index in [0.29, 0.717) is 29.6 Å². The predicted octanol–water partition coefficient (Wildman–Crippen LogP) is 3.05. The van der Waals surface area contributed by atoms with E-state index in [-0.39, 0.29) is 11.3 Å². The highest BCUT2D eigenvalue weighted by Crippen LogP contribution is 2.42. The Balaban J connectivity index is 1.60. The summed E-state index contributed by atoms with van der Waals surface area (Å²) in [5.41, 5.74) is 8.46. The molecule has 7 heteroatoms. The number of carbonyl (C=O) groups is 1. The van der Waals surface area contributed by atoms with Crippen LogP contribution in [0.5, 0.6) is 0 Å². The molecular weight excluding hydrogens is 358 g/mol. The number of nitrogen functional groups attached to an aromatic ring is 1. The average molecular weight is 379 g/mol. The van der Waals surface area contributed by atoms with Gasteiger partial charge in [-0.3, -0.25) is 4.79 Å². The number of rotatable bonds is 3. The average Bonchev–Trinajstić information content (AvgIpc) is 3.16. The van der Waals surface area contributed by atoms with Crippen LogP contribution in [0.2, 0.25) is 0 Å². The van der Waals surface area contributed by atoms with Crippen molar-refractivity contribution in [1.29, 1.82) is 0 Å². The van der Waals surface area contributed by atoms with Crippen molar-refractivity contribution >= 4 is 22.4 Å². The fraction of sp³-hybridized carbons (Fsp3) is 0.300. The molecule has 27 heavy (non-hydrogen) atoms. The molecule has 1 aliphatic heterocycles. The Kier molecular flexibility index (Phi) is 4.61. The van der Waals surface area contributed by atoms with Gasteiger partial charge in [0.05, 0.1) is 11.3 Å². The van der Waals surface area contributed by atoms with Crippen molar-refractivity contribution in [3.8, 4) is 0 Å². The van der Waals surface area contributed by atoms with Crippen molar-refractivity contribution in [2.75, 3.05) is 18.8 Å². The molecule has 1 amide bonds. The number of carbonyl (C=O) groups excluding carboxylic acids is 1. The van der Waals surface area contributed by atoms with Crippen molar-refractivity contribution in [1.82, 2.24) is 19.9 Å². The molecule has 1 saturated heterocycles. The molecule has 1 aliphatic rings. The van der Waals surface area contributed by atoms with Gasteiger partial charge in [0, 0.05) is 36.3 Å². The number of thiazole rings is 1. The fourth-order valence-electron chi connectivity index (χ4n) is 3.73. The first kappa shape index (κ1) is 17.6. The Labute approximate surface area is 162 Å². The largest absolute Gasteiger partial charge is 0.375 e. The summed E-state index contributed by atoms with van der Waals surface area (Å²) in [4.78, 5) is 27.6. The molecule has 0 aliphatic carbocycles. The zero-order valence-electron chi connectivity index (χ0n) is 15.1. The smallest absolute Gasteiger partial charge is 0.256 e. The highest BCUT2D eigenvalue weighted by molar-refractivity contribution is 7.13. The highest BCUT2D eigenvalue weighted by Gasteiger charge is 2.40. The Morgan fingerprint density at radius 1 is 1.15 bits per heavy atom. The monoisotopic (exact) mass is 379 g/mol. The van der Waals surface area contributed by atoms with E-state index in [1.54, 1.807) is 12.4 Å². The number of amides is 1. The minimum Gasteiger partial charge on any atom is -0.375 e. The van der Waals surface area contributed by atoms with Crippen molar-refractivity contribution in [3.63, 3.8) is 0 Å². The maximum Gasteiger partial charge on any atom is 0.256 e. The lowest BCUT2D eigenvalue weighted by Gasteiger charge is -2.41. The standard InChI is InChI=1S/C20H21N5OS/c1-14-22-11-15(12-23-14)18(26)25-9-7-20(8-10-25,16-5-3-2-4-6-16)17-13-27-19(21)24-17/h2-6,11-13H,7-10H2,1H3,(H2,21,24). The van der Waals surface area contributed by atoms with E-state index in [4.69, 9.17) is 5.73 Å². The molecule has 0 atom stereocenters. The first-order valence-electron chi connectivity index (χ1n) is 8.93. The van der Waals surface area contributed by atoms with Crippen LogP contribution in [-0.4, -0.2) is 38.8 Å². The summed E-state index contributed by atoms with van der Waals surface area (Å²) >= 11 is 1.47. The Bertz CT molecular complexity index is 931. The molecule has 6 nitrogen and oxygen atoms in total. The minimum atomic E-state index is -0.212. The number of aryl methyl sites for hydroxylation is 1. The van der Waals surface area contributed by atoms with Crippen LogP contribution in [-0.2, 0) is 5.41 Å². The molecule has 0 radical (unpaired) electrons. The van der Waals surface area contributed by atoms with E-state index in [1.807, 2.05) is 35.4 Å². The second-order valence-electron chi connectivity index (χ2n) is 6.83. The SMILES string of the molecule is Cc1ncc(C(=O)N2CCC(c3ccccc3)(c3csc(N)n3)CC2)cn1. The van der Waals surface area contributed by atoms with Gasteiger partial charge in [-0.1, -0.05) is 30.3 Å². The van der Waals surface area contributed by atoms with Crippen LogP contribution < -0.4 is 5.73 Å². The van der Waals surface area contributed by atoms with Crippen LogP contribution in [0.3, 0.4) is 0 Å². The molecule has 2 N–H and O–H groups in total. The minimum absolute atomic E-state index is 0.0190. The topological polar surface area (TPSA) is 85.0 Å². The first-order valence-corrected chi connectivity index (χ1v) is 9.81. The van der Waals surface area contributed by atoms with Gasteiger partial charge >= 0.3 is 0 Å². The number of aromatic nitrogens is 3. The second-order valence-corrected chi connectivity index (χ2v) is 7.72. The number of nitrogens with two attached hydrogens (primary N) is 1. The van der Waals surface area contributed by atoms with Gasteiger partial charge < -0.3 is 10.6 Å². The lowest BCUT2D eigenvalue weighted by molar-refractivity contribution is 0.0683. The summed E-state index contributed by atoms with van der Waals surface area (Å²) in [5.74, 6) is 0.642. The normalized spacial score (nSPS) is 16.3. The van der Waals surface area contributed by atoms with Crippen molar-refractivity contribution in [2.24, 2.45) is 0 Å². The van der Waals surface area contributed by atoms with Crippen molar-refractivity contribution in [3.05, 3.63) is 70.8 Å². The van der Waals surface area contributed by atoms with Gasteiger partial charge in [-0.05, 0) is 25.3 Å². The molecule has 138 valence electrons. The zero-order valence-corrected chi connectivity index (χ0v) is 15.9. The van der Waals surface area contributed by atoms with E-state index in [9.17, 15) is 4.79 Å². The van der Waals surface area contributed by atoms with Crippen LogP contribution in [0.4, 0.5) is 5.13 Å². The summed E-state index contributed by atoms with van der Waals surface area (Å²) in [6, 6.07) is 10.4. The van der Waals surface area contributed by atoms with Crippen LogP contribution in [0, 0.1) is 6.92 Å². The number of piperidine rings is 1. The van der Waals surface area contributed by atoms with E-state index in [2.05, 4.69) is 27.1 Å². The lowest BCUT2D eigenvalue weighted by Crippen LogP contribution is -2.46. The third kappa shape index (κ3) is 3.30. The Morgan fingerprint density at radius 3 is 2.41 bits per heavy atom. The molecule has 0 bridgehead atoms. The third-order valence-corrected chi connectivity index (χ3v) is 5.94. The fourth-order valence-corrected chi connectivity index (χ4v) is 4.40. The van der Waals surface area contributed by atoms with Gasteiger partial charge in [0.25, 0.3) is 5.91 Å². The van der Waals surface area contributed by atoms with E-state index >= 15 is 0 Å². The Hall–Kier alpha value is -2.80. The second kappa shape index (κ2) is 7.08. The first-order chi connectivity index (χ1) is 13.1. The highest BCUT2D eigenvalue weighted by atomic mass is 32.1. The third-order valence-electron chi connectivity index (χ3n) is 5.27. The van der Waals surface area contributed by atoms with Gasteiger partial charge in [-0.2, -0.15) is 0 Å². The lowest BCUT2D eigenvalue weighted by atomic mass is 9.70. The summed E-state index contributed by atoms with van der Waals surface area (Å²) in [6.07, 6.45) is 4.81. The van der Waals surface area contributed by atoms with Crippen LogP contribution in [0.25, 0.3) is 0 Å². The van der Waals surface area contributed by atoms with E-state index < -0.39 is 0 Å².